The number of hydrogen-bond acceptors (Lipinski definition) is 3. The second kappa shape index (κ2) is 6.03. The van der Waals surface area contributed by atoms with Crippen molar-refractivity contribution in [1.82, 2.24) is 10.2 Å². The number of aliphatic carboxylic acids is 1. The van der Waals surface area contributed by atoms with Gasteiger partial charge < -0.3 is 15.3 Å². The van der Waals surface area contributed by atoms with Crippen LogP contribution in [0.5, 0.6) is 0 Å². The number of hydrogen-bond donors (Lipinski definition) is 2. The van der Waals surface area contributed by atoms with Gasteiger partial charge in [-0.1, -0.05) is 6.58 Å². The van der Waals surface area contributed by atoms with E-state index in [0.29, 0.717) is 19.4 Å². The molecule has 0 aromatic heterocycles. The average Bonchev–Trinajstić information content (AvgIpc) is 2.35. The molecule has 1 aliphatic rings. The molecule has 2 amide bonds. The quantitative estimate of drug-likeness (QED) is 0.655. The van der Waals surface area contributed by atoms with Crippen molar-refractivity contribution in [3.63, 3.8) is 0 Å². The minimum Gasteiger partial charge on any atom is -0.481 e. The molecule has 6 heteroatoms. The Balaban J connectivity index is 2.43. The summed E-state index contributed by atoms with van der Waals surface area (Å²) in [5, 5.41) is 11.3. The van der Waals surface area contributed by atoms with Gasteiger partial charge in [-0.2, -0.15) is 0 Å². The monoisotopic (exact) mass is 240 g/mol. The number of amides is 2. The molecule has 94 valence electrons. The summed E-state index contributed by atoms with van der Waals surface area (Å²) >= 11 is 0. The van der Waals surface area contributed by atoms with Crippen molar-refractivity contribution in [3.05, 3.63) is 12.7 Å². The van der Waals surface area contributed by atoms with Crippen molar-refractivity contribution in [2.45, 2.75) is 12.8 Å². The maximum atomic E-state index is 11.7. The van der Waals surface area contributed by atoms with E-state index in [1.807, 2.05) is 0 Å². The van der Waals surface area contributed by atoms with Gasteiger partial charge in [0.05, 0.1) is 12.5 Å². The number of carboxylic acids is 1. The molecule has 1 heterocycles. The number of carboxylic acid groups (broad SMARTS) is 1. The molecule has 2 N–H and O–H groups in total. The van der Waals surface area contributed by atoms with Gasteiger partial charge in [0.15, 0.2) is 0 Å². The summed E-state index contributed by atoms with van der Waals surface area (Å²) in [4.78, 5) is 34.8. The first-order valence-corrected chi connectivity index (χ1v) is 5.45. The largest absolute Gasteiger partial charge is 0.481 e. The molecule has 17 heavy (non-hydrogen) atoms. The van der Waals surface area contributed by atoms with E-state index in [9.17, 15) is 14.4 Å². The summed E-state index contributed by atoms with van der Waals surface area (Å²) in [5.41, 5.74) is 0. The van der Waals surface area contributed by atoms with Gasteiger partial charge in [0.25, 0.3) is 0 Å². The summed E-state index contributed by atoms with van der Waals surface area (Å²) < 4.78 is 0. The lowest BCUT2D eigenvalue weighted by Gasteiger charge is -2.30. The Morgan fingerprint density at radius 1 is 1.47 bits per heavy atom. The zero-order chi connectivity index (χ0) is 12.8. The van der Waals surface area contributed by atoms with Gasteiger partial charge in [-0.15, -0.1) is 0 Å². The summed E-state index contributed by atoms with van der Waals surface area (Å²) in [5.74, 6) is -2.04. The molecule has 0 aliphatic carbocycles. The fourth-order valence-corrected chi connectivity index (χ4v) is 1.75. The SMILES string of the molecule is C=CC(=O)NCC(=O)N1CCC[C@@H](C(=O)O)C1. The number of nitrogens with zero attached hydrogens (tertiary/aromatic N) is 1. The predicted molar refractivity (Wildman–Crippen MR) is 60.1 cm³/mol. The molecule has 1 fully saturated rings. The maximum absolute atomic E-state index is 11.7. The molecule has 0 unspecified atom stereocenters. The maximum Gasteiger partial charge on any atom is 0.308 e. The highest BCUT2D eigenvalue weighted by molar-refractivity contribution is 5.90. The molecule has 0 aromatic rings. The van der Waals surface area contributed by atoms with Crippen LogP contribution in [0.2, 0.25) is 0 Å². The lowest BCUT2D eigenvalue weighted by Crippen LogP contribution is -2.46. The molecular formula is C11H16N2O4. The van der Waals surface area contributed by atoms with E-state index in [1.165, 1.54) is 4.90 Å². The van der Waals surface area contributed by atoms with Gasteiger partial charge in [-0.25, -0.2) is 0 Å². The van der Waals surface area contributed by atoms with Gasteiger partial charge >= 0.3 is 5.97 Å². The van der Waals surface area contributed by atoms with Gasteiger partial charge in [0, 0.05) is 13.1 Å². The highest BCUT2D eigenvalue weighted by atomic mass is 16.4. The summed E-state index contributed by atoms with van der Waals surface area (Å²) in [6.07, 6.45) is 2.36. The molecule has 0 bridgehead atoms. The third kappa shape index (κ3) is 3.90. The first kappa shape index (κ1) is 13.2. The van der Waals surface area contributed by atoms with Gasteiger partial charge in [0.1, 0.15) is 0 Å². The number of piperidine rings is 1. The minimum absolute atomic E-state index is 0.114. The number of carbonyl (C=O) groups excluding carboxylic acids is 2. The fraction of sp³-hybridized carbons (Fsp3) is 0.545. The highest BCUT2D eigenvalue weighted by Crippen LogP contribution is 2.16. The van der Waals surface area contributed by atoms with Crippen LogP contribution in [0, 0.1) is 5.92 Å². The standard InChI is InChI=1S/C11H16N2O4/c1-2-9(14)12-6-10(15)13-5-3-4-8(7-13)11(16)17/h2,8H,1,3-7H2,(H,12,14)(H,16,17)/t8-/m1/s1. The Labute approximate surface area is 99.3 Å². The third-order valence-electron chi connectivity index (χ3n) is 2.72. The molecule has 6 nitrogen and oxygen atoms in total. The number of rotatable bonds is 4. The molecule has 1 aliphatic heterocycles. The van der Waals surface area contributed by atoms with Crippen molar-refractivity contribution < 1.29 is 19.5 Å². The minimum atomic E-state index is -0.877. The molecule has 1 saturated heterocycles. The Hall–Kier alpha value is -1.85. The topological polar surface area (TPSA) is 86.7 Å². The normalized spacial score (nSPS) is 19.5. The summed E-state index contributed by atoms with van der Waals surface area (Å²) in [6, 6.07) is 0. The van der Waals surface area contributed by atoms with E-state index in [2.05, 4.69) is 11.9 Å². The molecule has 0 radical (unpaired) electrons. The zero-order valence-corrected chi connectivity index (χ0v) is 9.52. The van der Waals surface area contributed by atoms with Crippen LogP contribution in [0.25, 0.3) is 0 Å². The number of nitrogens with one attached hydrogen (secondary N) is 1. The van der Waals surface area contributed by atoms with Gasteiger partial charge in [-0.3, -0.25) is 14.4 Å². The molecule has 0 saturated carbocycles. The van der Waals surface area contributed by atoms with E-state index in [0.717, 1.165) is 6.08 Å². The Morgan fingerprint density at radius 2 is 2.18 bits per heavy atom. The summed E-state index contributed by atoms with van der Waals surface area (Å²) in [6.45, 7) is 3.93. The van der Waals surface area contributed by atoms with Crippen LogP contribution in [0.3, 0.4) is 0 Å². The van der Waals surface area contributed by atoms with Crippen LogP contribution in [0.15, 0.2) is 12.7 Å². The van der Waals surface area contributed by atoms with Crippen LogP contribution in [-0.2, 0) is 14.4 Å². The molecular weight excluding hydrogens is 224 g/mol. The number of likely N-dealkylation sites (tertiary alicyclic amines) is 1. The Bertz CT molecular complexity index is 340. The first-order valence-electron chi connectivity index (χ1n) is 5.45. The van der Waals surface area contributed by atoms with Crippen LogP contribution in [0.4, 0.5) is 0 Å². The first-order chi connectivity index (χ1) is 8.04. The van der Waals surface area contributed by atoms with Crippen LogP contribution in [0.1, 0.15) is 12.8 Å². The molecule has 0 aromatic carbocycles. The lowest BCUT2D eigenvalue weighted by molar-refractivity contribution is -0.145. The van der Waals surface area contributed by atoms with Crippen molar-refractivity contribution in [1.29, 1.82) is 0 Å². The van der Waals surface area contributed by atoms with Crippen LogP contribution in [-0.4, -0.2) is 47.4 Å². The van der Waals surface area contributed by atoms with Crippen molar-refractivity contribution in [3.8, 4) is 0 Å². The molecule has 1 atom stereocenters. The Kier molecular flexibility index (Phi) is 4.68. The summed E-state index contributed by atoms with van der Waals surface area (Å²) in [7, 11) is 0. The molecule has 0 spiro atoms. The number of carbonyl (C=O) groups is 3. The van der Waals surface area contributed by atoms with Gasteiger partial charge in [-0.05, 0) is 18.9 Å². The third-order valence-corrected chi connectivity index (χ3v) is 2.72. The second-order valence-electron chi connectivity index (χ2n) is 3.94. The molecule has 1 rings (SSSR count). The van der Waals surface area contributed by atoms with E-state index in [4.69, 9.17) is 5.11 Å². The zero-order valence-electron chi connectivity index (χ0n) is 9.52. The predicted octanol–water partition coefficient (Wildman–Crippen LogP) is -0.388. The van der Waals surface area contributed by atoms with E-state index < -0.39 is 17.8 Å². The lowest BCUT2D eigenvalue weighted by atomic mass is 9.98. The van der Waals surface area contributed by atoms with Crippen molar-refractivity contribution >= 4 is 17.8 Å². The van der Waals surface area contributed by atoms with E-state index >= 15 is 0 Å². The van der Waals surface area contributed by atoms with Gasteiger partial charge in [0.2, 0.25) is 11.8 Å². The fourth-order valence-electron chi connectivity index (χ4n) is 1.75. The smallest absolute Gasteiger partial charge is 0.308 e. The Morgan fingerprint density at radius 3 is 2.76 bits per heavy atom. The van der Waals surface area contributed by atoms with E-state index in [1.54, 1.807) is 0 Å². The second-order valence-corrected chi connectivity index (χ2v) is 3.94. The van der Waals surface area contributed by atoms with Crippen molar-refractivity contribution in [2.24, 2.45) is 5.92 Å². The van der Waals surface area contributed by atoms with Crippen LogP contribution < -0.4 is 5.32 Å². The van der Waals surface area contributed by atoms with Crippen molar-refractivity contribution in [2.75, 3.05) is 19.6 Å². The highest BCUT2D eigenvalue weighted by Gasteiger charge is 2.27. The average molecular weight is 240 g/mol. The van der Waals surface area contributed by atoms with Crippen LogP contribution >= 0.6 is 0 Å². The van der Waals surface area contributed by atoms with E-state index in [-0.39, 0.29) is 19.0 Å².